The highest BCUT2D eigenvalue weighted by atomic mass is 35.5. The third kappa shape index (κ3) is 6.53. The number of methoxy groups -OCH3 is 2. The number of rotatable bonds is 10. The maximum absolute atomic E-state index is 13.5. The van der Waals surface area contributed by atoms with Gasteiger partial charge in [0.2, 0.25) is 0 Å². The molecule has 1 amide bonds. The van der Waals surface area contributed by atoms with E-state index in [-0.39, 0.29) is 11.9 Å². The van der Waals surface area contributed by atoms with Crippen molar-refractivity contribution in [2.45, 2.75) is 32.0 Å². The Labute approximate surface area is 260 Å². The van der Waals surface area contributed by atoms with Crippen molar-refractivity contribution in [1.29, 1.82) is 0 Å². The molecule has 43 heavy (non-hydrogen) atoms. The standard InChI is InChI=1S/C34H30Cl2N4O3/c1-42-29-10-6-24(32(17-29)43-2)18-37-33-30-15-23(7-11-31(30)38-20-39-33)22-5-3-4-21(12-22)19-40(28-8-9-28)34(41)25-13-26(35)16-27(36)14-25/h3-7,10-17,20,28H,8-9,18-19H2,1-2H3,(H,37,38,39). The van der Waals surface area contributed by atoms with E-state index in [1.165, 1.54) is 0 Å². The van der Waals surface area contributed by atoms with E-state index in [1.807, 2.05) is 35.2 Å². The van der Waals surface area contributed by atoms with Crippen molar-refractivity contribution in [1.82, 2.24) is 14.9 Å². The lowest BCUT2D eigenvalue weighted by molar-refractivity contribution is 0.0730. The highest BCUT2D eigenvalue weighted by Crippen LogP contribution is 2.33. The normalized spacial score (nSPS) is 12.7. The molecule has 1 aliphatic carbocycles. The molecule has 1 N–H and O–H groups in total. The molecule has 0 atom stereocenters. The van der Waals surface area contributed by atoms with Crippen molar-refractivity contribution >= 4 is 45.8 Å². The number of amides is 1. The Balaban J connectivity index is 1.25. The lowest BCUT2D eigenvalue weighted by atomic mass is 10.0. The number of anilines is 1. The molecule has 1 fully saturated rings. The van der Waals surface area contributed by atoms with Crippen molar-refractivity contribution < 1.29 is 14.3 Å². The third-order valence-electron chi connectivity index (χ3n) is 7.55. The average Bonchev–Trinajstić information content (AvgIpc) is 3.87. The van der Waals surface area contributed by atoms with E-state index >= 15 is 0 Å². The van der Waals surface area contributed by atoms with E-state index in [4.69, 9.17) is 32.7 Å². The Bertz CT molecular complexity index is 1790. The smallest absolute Gasteiger partial charge is 0.254 e. The molecule has 4 aromatic carbocycles. The van der Waals surface area contributed by atoms with Gasteiger partial charge in [0.15, 0.2) is 0 Å². The quantitative estimate of drug-likeness (QED) is 0.172. The maximum Gasteiger partial charge on any atom is 0.254 e. The van der Waals surface area contributed by atoms with E-state index in [9.17, 15) is 4.79 Å². The van der Waals surface area contributed by atoms with Gasteiger partial charge >= 0.3 is 0 Å². The summed E-state index contributed by atoms with van der Waals surface area (Å²) < 4.78 is 10.9. The van der Waals surface area contributed by atoms with Crippen LogP contribution in [0.2, 0.25) is 10.0 Å². The molecule has 0 radical (unpaired) electrons. The third-order valence-corrected chi connectivity index (χ3v) is 7.98. The number of nitrogens with one attached hydrogen (secondary N) is 1. The number of aromatic nitrogens is 2. The first-order chi connectivity index (χ1) is 20.9. The number of nitrogens with zero attached hydrogens (tertiary/aromatic N) is 3. The van der Waals surface area contributed by atoms with Crippen molar-refractivity contribution in [3.05, 3.63) is 112 Å². The molecule has 0 spiro atoms. The molecule has 1 heterocycles. The summed E-state index contributed by atoms with van der Waals surface area (Å²) in [6, 6.07) is 25.4. The molecule has 1 aromatic heterocycles. The van der Waals surface area contributed by atoms with E-state index < -0.39 is 0 Å². The molecule has 218 valence electrons. The van der Waals surface area contributed by atoms with Crippen molar-refractivity contribution in [2.24, 2.45) is 0 Å². The zero-order valence-electron chi connectivity index (χ0n) is 23.8. The van der Waals surface area contributed by atoms with Crippen LogP contribution in [0.15, 0.2) is 85.2 Å². The van der Waals surface area contributed by atoms with Crippen molar-refractivity contribution in [2.75, 3.05) is 19.5 Å². The van der Waals surface area contributed by atoms with Crippen LogP contribution in [0.3, 0.4) is 0 Å². The Morgan fingerprint density at radius 2 is 1.70 bits per heavy atom. The second-order valence-corrected chi connectivity index (χ2v) is 11.4. The second kappa shape index (κ2) is 12.5. The Morgan fingerprint density at radius 1 is 0.907 bits per heavy atom. The van der Waals surface area contributed by atoms with Gasteiger partial charge in [0.1, 0.15) is 23.6 Å². The lowest BCUT2D eigenvalue weighted by Gasteiger charge is -2.23. The summed E-state index contributed by atoms with van der Waals surface area (Å²) in [6.45, 7) is 1.01. The van der Waals surface area contributed by atoms with Gasteiger partial charge in [-0.1, -0.05) is 47.5 Å². The van der Waals surface area contributed by atoms with Gasteiger partial charge in [-0.2, -0.15) is 0 Å². The number of halogens is 2. The highest BCUT2D eigenvalue weighted by Gasteiger charge is 2.33. The van der Waals surface area contributed by atoms with Crippen LogP contribution in [0.5, 0.6) is 11.5 Å². The first kappa shape index (κ1) is 28.8. The number of hydrogen-bond acceptors (Lipinski definition) is 6. The predicted molar refractivity (Wildman–Crippen MR) is 171 cm³/mol. The summed E-state index contributed by atoms with van der Waals surface area (Å²) in [5.74, 6) is 2.13. The van der Waals surface area contributed by atoms with Crippen molar-refractivity contribution in [3.8, 4) is 22.6 Å². The predicted octanol–water partition coefficient (Wildman–Crippen LogP) is 8.04. The molecule has 1 saturated carbocycles. The largest absolute Gasteiger partial charge is 0.497 e. The van der Waals surface area contributed by atoms with E-state index in [1.54, 1.807) is 38.7 Å². The monoisotopic (exact) mass is 612 g/mol. The molecule has 1 aliphatic rings. The zero-order valence-corrected chi connectivity index (χ0v) is 25.3. The highest BCUT2D eigenvalue weighted by molar-refractivity contribution is 6.35. The molecule has 9 heteroatoms. The molecular weight excluding hydrogens is 583 g/mol. The van der Waals surface area contributed by atoms with E-state index in [0.29, 0.717) is 28.7 Å². The molecule has 5 aromatic rings. The minimum atomic E-state index is -0.0654. The number of carbonyl (C=O) groups is 1. The van der Waals surface area contributed by atoms with E-state index in [2.05, 4.69) is 45.6 Å². The van der Waals surface area contributed by atoms with Crippen molar-refractivity contribution in [3.63, 3.8) is 0 Å². The maximum atomic E-state index is 13.5. The Hall–Kier alpha value is -4.33. The fourth-order valence-corrected chi connectivity index (χ4v) is 5.72. The summed E-state index contributed by atoms with van der Waals surface area (Å²) in [5.41, 5.74) is 5.43. The molecular formula is C34H30Cl2N4O3. The number of carbonyl (C=O) groups excluding carboxylic acids is 1. The molecule has 0 unspecified atom stereocenters. The SMILES string of the molecule is COc1ccc(CNc2ncnc3ccc(-c4cccc(CN(C(=O)c5cc(Cl)cc(Cl)c5)C5CC5)c4)cc23)c(OC)c1. The van der Waals surface area contributed by atoms with Gasteiger partial charge in [0.25, 0.3) is 5.91 Å². The summed E-state index contributed by atoms with van der Waals surface area (Å²) >= 11 is 12.4. The summed E-state index contributed by atoms with van der Waals surface area (Å²) in [6.07, 6.45) is 3.54. The van der Waals surface area contributed by atoms with Gasteiger partial charge in [-0.25, -0.2) is 9.97 Å². The van der Waals surface area contributed by atoms with Crippen LogP contribution in [0, 0.1) is 0 Å². The van der Waals surface area contributed by atoms with Gasteiger partial charge in [-0.3, -0.25) is 4.79 Å². The molecule has 6 rings (SSSR count). The van der Waals surface area contributed by atoms with Crippen LogP contribution < -0.4 is 14.8 Å². The summed E-state index contributed by atoms with van der Waals surface area (Å²) in [5, 5.41) is 5.26. The van der Waals surface area contributed by atoms with Crippen LogP contribution in [0.4, 0.5) is 5.82 Å². The molecule has 0 aliphatic heterocycles. The van der Waals surface area contributed by atoms with Gasteiger partial charge in [0, 0.05) is 51.8 Å². The number of fused-ring (bicyclic) bond motifs is 1. The molecule has 0 bridgehead atoms. The topological polar surface area (TPSA) is 76.6 Å². The van der Waals surface area contributed by atoms with Gasteiger partial charge in [0.05, 0.1) is 19.7 Å². The minimum Gasteiger partial charge on any atom is -0.497 e. The fraction of sp³-hybridized carbons (Fsp3) is 0.206. The van der Waals surface area contributed by atoms with Gasteiger partial charge in [-0.15, -0.1) is 0 Å². The summed E-state index contributed by atoms with van der Waals surface area (Å²) in [4.78, 5) is 24.4. The Kier molecular flexibility index (Phi) is 8.36. The van der Waals surface area contributed by atoms with E-state index in [0.717, 1.165) is 63.3 Å². The summed E-state index contributed by atoms with van der Waals surface area (Å²) in [7, 11) is 3.28. The van der Waals surface area contributed by atoms with Crippen LogP contribution >= 0.6 is 23.2 Å². The number of ether oxygens (including phenoxy) is 2. The first-order valence-electron chi connectivity index (χ1n) is 14.0. The van der Waals surface area contributed by atoms with Gasteiger partial charge in [-0.05, 0) is 78.1 Å². The number of hydrogen-bond donors (Lipinski definition) is 1. The molecule has 7 nitrogen and oxygen atoms in total. The van der Waals surface area contributed by atoms with Crippen LogP contribution in [-0.4, -0.2) is 41.0 Å². The van der Waals surface area contributed by atoms with Crippen LogP contribution in [-0.2, 0) is 13.1 Å². The number of benzene rings is 4. The zero-order chi connectivity index (χ0) is 29.9. The minimum absolute atomic E-state index is 0.0654. The van der Waals surface area contributed by atoms with Gasteiger partial charge < -0.3 is 19.7 Å². The lowest BCUT2D eigenvalue weighted by Crippen LogP contribution is -2.32. The van der Waals surface area contributed by atoms with Crippen LogP contribution in [0.25, 0.3) is 22.0 Å². The fourth-order valence-electron chi connectivity index (χ4n) is 5.20. The average molecular weight is 614 g/mol. The Morgan fingerprint density at radius 3 is 2.44 bits per heavy atom. The molecule has 0 saturated heterocycles. The first-order valence-corrected chi connectivity index (χ1v) is 14.7. The van der Waals surface area contributed by atoms with Crippen LogP contribution in [0.1, 0.15) is 34.3 Å². The second-order valence-electron chi connectivity index (χ2n) is 10.5.